The number of nitrogens with zero attached hydrogens (tertiary/aromatic N) is 2. The number of pyridine rings is 1. The number of hydrogen-bond acceptors (Lipinski definition) is 3. The van der Waals surface area contributed by atoms with E-state index in [9.17, 15) is 9.18 Å². The number of hydrogen-bond donors (Lipinski definition) is 1. The fourth-order valence-corrected chi connectivity index (χ4v) is 1.36. The van der Waals surface area contributed by atoms with Crippen molar-refractivity contribution < 1.29 is 4.39 Å². The molecular formula is C11H10FN3O. The molecule has 2 heterocycles. The maximum atomic E-state index is 13.5. The summed E-state index contributed by atoms with van der Waals surface area (Å²) >= 11 is 0. The molecule has 2 aromatic heterocycles. The molecule has 0 aliphatic heterocycles. The zero-order valence-electron chi connectivity index (χ0n) is 8.91. The third-order valence-electron chi connectivity index (χ3n) is 2.25. The summed E-state index contributed by atoms with van der Waals surface area (Å²) in [5.41, 5.74) is 1.48. The van der Waals surface area contributed by atoms with Crippen LogP contribution >= 0.6 is 0 Å². The van der Waals surface area contributed by atoms with Crippen molar-refractivity contribution >= 4 is 0 Å². The summed E-state index contributed by atoms with van der Waals surface area (Å²) in [5.74, 6) is -0.584. The van der Waals surface area contributed by atoms with Crippen LogP contribution in [0.15, 0.2) is 23.0 Å². The van der Waals surface area contributed by atoms with E-state index in [1.165, 1.54) is 6.07 Å². The largest absolute Gasteiger partial charge is 0.268 e. The lowest BCUT2D eigenvalue weighted by Gasteiger charge is -2.02. The molecule has 0 amide bonds. The molecule has 0 saturated carbocycles. The highest BCUT2D eigenvalue weighted by Gasteiger charge is 2.09. The van der Waals surface area contributed by atoms with E-state index in [-0.39, 0.29) is 11.1 Å². The van der Waals surface area contributed by atoms with Crippen molar-refractivity contribution in [1.29, 1.82) is 0 Å². The minimum absolute atomic E-state index is 0.274. The van der Waals surface area contributed by atoms with E-state index in [2.05, 4.69) is 15.2 Å². The smallest absolute Gasteiger partial charge is 0.267 e. The molecule has 0 saturated heterocycles. The highest BCUT2D eigenvalue weighted by Crippen LogP contribution is 2.18. The van der Waals surface area contributed by atoms with Crippen molar-refractivity contribution in [3.63, 3.8) is 0 Å². The van der Waals surface area contributed by atoms with E-state index in [1.54, 1.807) is 26.0 Å². The van der Waals surface area contributed by atoms with Gasteiger partial charge >= 0.3 is 0 Å². The van der Waals surface area contributed by atoms with E-state index in [0.717, 1.165) is 0 Å². The predicted octanol–water partition coefficient (Wildman–Crippen LogP) is 1.59. The summed E-state index contributed by atoms with van der Waals surface area (Å²) in [6, 6.07) is 4.83. The summed E-state index contributed by atoms with van der Waals surface area (Å²) < 4.78 is 13.5. The molecule has 0 radical (unpaired) electrons. The van der Waals surface area contributed by atoms with Crippen LogP contribution in [-0.4, -0.2) is 15.2 Å². The molecule has 0 aliphatic rings. The molecule has 0 atom stereocenters. The fourth-order valence-electron chi connectivity index (χ4n) is 1.36. The first kappa shape index (κ1) is 10.5. The van der Waals surface area contributed by atoms with E-state index < -0.39 is 5.95 Å². The average Bonchev–Trinajstić information content (AvgIpc) is 2.22. The molecule has 0 aliphatic carbocycles. The van der Waals surface area contributed by atoms with Crippen LogP contribution in [0, 0.1) is 19.8 Å². The number of halogens is 1. The first-order valence-corrected chi connectivity index (χ1v) is 4.78. The topological polar surface area (TPSA) is 58.6 Å². The summed E-state index contributed by atoms with van der Waals surface area (Å²) in [7, 11) is 0. The Morgan fingerprint density at radius 3 is 2.69 bits per heavy atom. The van der Waals surface area contributed by atoms with Gasteiger partial charge in [0.05, 0.1) is 11.3 Å². The second kappa shape index (κ2) is 3.84. The molecule has 4 nitrogen and oxygen atoms in total. The quantitative estimate of drug-likeness (QED) is 0.741. The minimum Gasteiger partial charge on any atom is -0.268 e. The van der Waals surface area contributed by atoms with Gasteiger partial charge in [0.1, 0.15) is 0 Å². The van der Waals surface area contributed by atoms with E-state index in [1.807, 2.05) is 0 Å². The van der Waals surface area contributed by atoms with Crippen molar-refractivity contribution in [3.8, 4) is 11.3 Å². The van der Waals surface area contributed by atoms with Gasteiger partial charge in [-0.1, -0.05) is 0 Å². The summed E-state index contributed by atoms with van der Waals surface area (Å²) in [6.07, 6.45) is 0. The lowest BCUT2D eigenvalue weighted by Crippen LogP contribution is -2.11. The van der Waals surface area contributed by atoms with Crippen molar-refractivity contribution in [2.45, 2.75) is 13.8 Å². The Morgan fingerprint density at radius 2 is 2.06 bits per heavy atom. The zero-order chi connectivity index (χ0) is 11.7. The lowest BCUT2D eigenvalue weighted by molar-refractivity contribution is 0.583. The number of nitrogens with one attached hydrogen (secondary N) is 1. The Morgan fingerprint density at radius 1 is 1.31 bits per heavy atom. The van der Waals surface area contributed by atoms with Gasteiger partial charge in [-0.3, -0.25) is 4.79 Å². The molecule has 1 N–H and O–H groups in total. The average molecular weight is 219 g/mol. The van der Waals surface area contributed by atoms with Crippen LogP contribution in [0.5, 0.6) is 0 Å². The molecule has 0 fully saturated rings. The van der Waals surface area contributed by atoms with E-state index in [4.69, 9.17) is 0 Å². The second-order valence-corrected chi connectivity index (χ2v) is 3.56. The Labute approximate surface area is 91.2 Å². The van der Waals surface area contributed by atoms with Crippen LogP contribution in [0.3, 0.4) is 0 Å². The maximum absolute atomic E-state index is 13.5. The van der Waals surface area contributed by atoms with Crippen LogP contribution in [0.4, 0.5) is 4.39 Å². The van der Waals surface area contributed by atoms with Gasteiger partial charge in [-0.25, -0.2) is 10.1 Å². The van der Waals surface area contributed by atoms with Gasteiger partial charge in [-0.05, 0) is 32.0 Å². The molecule has 16 heavy (non-hydrogen) atoms. The third-order valence-corrected chi connectivity index (χ3v) is 2.25. The Kier molecular flexibility index (Phi) is 2.52. The van der Waals surface area contributed by atoms with Gasteiger partial charge in [-0.15, -0.1) is 0 Å². The Hall–Kier alpha value is -2.04. The number of rotatable bonds is 1. The minimum atomic E-state index is -0.584. The van der Waals surface area contributed by atoms with Crippen LogP contribution < -0.4 is 5.56 Å². The standard InChI is InChI=1S/C11H10FN3O/c1-6-5-9(14-15-11(6)16)8-4-3-7(2)13-10(8)12/h3-5H,1-2H3,(H,15,16). The molecule has 82 valence electrons. The van der Waals surface area contributed by atoms with E-state index in [0.29, 0.717) is 17.0 Å². The van der Waals surface area contributed by atoms with Gasteiger partial charge in [0.2, 0.25) is 5.95 Å². The van der Waals surface area contributed by atoms with Crippen LogP contribution in [0.25, 0.3) is 11.3 Å². The Balaban J connectivity index is 2.59. The van der Waals surface area contributed by atoms with Crippen LogP contribution in [0.1, 0.15) is 11.3 Å². The van der Waals surface area contributed by atoms with Gasteiger partial charge in [0.25, 0.3) is 5.56 Å². The zero-order valence-corrected chi connectivity index (χ0v) is 8.91. The first-order chi connectivity index (χ1) is 7.58. The van der Waals surface area contributed by atoms with Gasteiger partial charge < -0.3 is 0 Å². The monoisotopic (exact) mass is 219 g/mol. The number of aromatic amines is 1. The van der Waals surface area contributed by atoms with Gasteiger partial charge in [-0.2, -0.15) is 9.49 Å². The van der Waals surface area contributed by atoms with Crippen molar-refractivity contribution in [2.24, 2.45) is 0 Å². The summed E-state index contributed by atoms with van der Waals surface area (Å²) in [6.45, 7) is 3.35. The molecule has 0 bridgehead atoms. The molecule has 0 aromatic carbocycles. The predicted molar refractivity (Wildman–Crippen MR) is 57.5 cm³/mol. The highest BCUT2D eigenvalue weighted by atomic mass is 19.1. The number of aromatic nitrogens is 3. The SMILES string of the molecule is Cc1ccc(-c2cc(C)c(=O)[nH]n2)c(F)n1. The molecule has 0 spiro atoms. The van der Waals surface area contributed by atoms with Gasteiger partial charge in [0, 0.05) is 11.3 Å². The number of H-pyrrole nitrogens is 1. The van der Waals surface area contributed by atoms with Crippen molar-refractivity contribution in [1.82, 2.24) is 15.2 Å². The molecule has 5 heteroatoms. The van der Waals surface area contributed by atoms with Crippen LogP contribution in [-0.2, 0) is 0 Å². The molecular weight excluding hydrogens is 209 g/mol. The summed E-state index contributed by atoms with van der Waals surface area (Å²) in [4.78, 5) is 14.8. The van der Waals surface area contributed by atoms with Crippen LogP contribution in [0.2, 0.25) is 0 Å². The number of aryl methyl sites for hydroxylation is 2. The summed E-state index contributed by atoms with van der Waals surface area (Å²) in [5, 5.41) is 6.09. The maximum Gasteiger partial charge on any atom is 0.267 e. The van der Waals surface area contributed by atoms with Crippen molar-refractivity contribution in [3.05, 3.63) is 45.8 Å². The highest BCUT2D eigenvalue weighted by molar-refractivity contribution is 5.58. The Bertz CT molecular complexity index is 592. The fraction of sp³-hybridized carbons (Fsp3) is 0.182. The molecule has 0 unspecified atom stereocenters. The van der Waals surface area contributed by atoms with E-state index >= 15 is 0 Å². The third kappa shape index (κ3) is 1.84. The second-order valence-electron chi connectivity index (χ2n) is 3.56. The first-order valence-electron chi connectivity index (χ1n) is 4.78. The molecule has 2 rings (SSSR count). The van der Waals surface area contributed by atoms with Crippen molar-refractivity contribution in [2.75, 3.05) is 0 Å². The normalized spacial score (nSPS) is 10.4. The molecule has 2 aromatic rings. The van der Waals surface area contributed by atoms with Gasteiger partial charge in [0.15, 0.2) is 0 Å². The lowest BCUT2D eigenvalue weighted by atomic mass is 10.1.